The summed E-state index contributed by atoms with van der Waals surface area (Å²) in [6.07, 6.45) is 0. The second-order valence-corrected chi connectivity index (χ2v) is 7.60. The highest BCUT2D eigenvalue weighted by Gasteiger charge is 2.24. The van der Waals surface area contributed by atoms with E-state index >= 15 is 0 Å². The molecule has 1 heterocycles. The van der Waals surface area contributed by atoms with Gasteiger partial charge in [-0.05, 0) is 26.0 Å². The lowest BCUT2D eigenvalue weighted by Crippen LogP contribution is -2.30. The summed E-state index contributed by atoms with van der Waals surface area (Å²) in [5.41, 5.74) is 0.491. The number of hydrogen-bond donors (Lipinski definition) is 1. The summed E-state index contributed by atoms with van der Waals surface area (Å²) in [6.45, 7) is 3.45. The van der Waals surface area contributed by atoms with Crippen molar-refractivity contribution < 1.29 is 9.18 Å². The average Bonchev–Trinajstić information content (AvgIpc) is 2.58. The van der Waals surface area contributed by atoms with Crippen molar-refractivity contribution in [1.29, 1.82) is 0 Å². The number of aromatic nitrogens is 1. The van der Waals surface area contributed by atoms with Crippen LogP contribution in [0.5, 0.6) is 0 Å². The third-order valence-electron chi connectivity index (χ3n) is 2.17. The van der Waals surface area contributed by atoms with Crippen LogP contribution in [0.1, 0.15) is 13.8 Å². The molecule has 0 unspecified atom stereocenters. The molecule has 1 amide bonds. The minimum Gasteiger partial charge on any atom is -0.301 e. The number of halogens is 3. The topological polar surface area (TPSA) is 42.0 Å². The van der Waals surface area contributed by atoms with Gasteiger partial charge in [-0.25, -0.2) is 9.37 Å². The molecule has 0 saturated heterocycles. The normalized spacial score (nSPS) is 11.8. The second kappa shape index (κ2) is 4.75. The predicted octanol–water partition coefficient (Wildman–Crippen LogP) is 4.20. The van der Waals surface area contributed by atoms with Crippen LogP contribution in [0, 0.1) is 5.82 Å². The molecule has 0 radical (unpaired) electrons. The highest BCUT2D eigenvalue weighted by atomic mass is 79.9. The fourth-order valence-electron chi connectivity index (χ4n) is 1.26. The zero-order chi connectivity index (χ0) is 13.5. The van der Waals surface area contributed by atoms with Crippen LogP contribution < -0.4 is 5.32 Å². The van der Waals surface area contributed by atoms with E-state index in [0.717, 1.165) is 0 Å². The van der Waals surface area contributed by atoms with Crippen LogP contribution in [-0.2, 0) is 4.79 Å². The van der Waals surface area contributed by atoms with Gasteiger partial charge in [0.2, 0.25) is 5.91 Å². The first-order valence-corrected chi connectivity index (χ1v) is 7.02. The summed E-state index contributed by atoms with van der Waals surface area (Å²) in [6, 6.07) is 2.54. The Morgan fingerprint density at radius 2 is 2.22 bits per heavy atom. The van der Waals surface area contributed by atoms with E-state index in [1.165, 1.54) is 23.5 Å². The fraction of sp³-hybridized carbons (Fsp3) is 0.273. The Balaban J connectivity index is 2.37. The van der Waals surface area contributed by atoms with E-state index < -0.39 is 10.1 Å². The van der Waals surface area contributed by atoms with Gasteiger partial charge >= 0.3 is 0 Å². The molecule has 0 spiro atoms. The van der Waals surface area contributed by atoms with Gasteiger partial charge in [0.25, 0.3) is 0 Å². The molecule has 1 aromatic heterocycles. The summed E-state index contributed by atoms with van der Waals surface area (Å²) in [4.78, 5) is 15.9. The Morgan fingerprint density at radius 3 is 2.83 bits per heavy atom. The van der Waals surface area contributed by atoms with E-state index in [0.29, 0.717) is 15.3 Å². The van der Waals surface area contributed by atoms with Crippen molar-refractivity contribution in [1.82, 2.24) is 4.98 Å². The third kappa shape index (κ3) is 2.81. The van der Waals surface area contributed by atoms with Gasteiger partial charge in [0.15, 0.2) is 5.13 Å². The molecule has 1 aromatic carbocycles. The lowest BCUT2D eigenvalue weighted by atomic mass is 10.2. The number of benzene rings is 1. The van der Waals surface area contributed by atoms with Gasteiger partial charge in [-0.15, -0.1) is 0 Å². The lowest BCUT2D eigenvalue weighted by Gasteiger charge is -2.13. The first-order valence-electron chi connectivity index (χ1n) is 5.03. The van der Waals surface area contributed by atoms with E-state index in [-0.39, 0.29) is 10.9 Å². The Labute approximate surface area is 120 Å². The fourth-order valence-corrected chi connectivity index (χ4v) is 2.57. The van der Waals surface area contributed by atoms with E-state index in [1.54, 1.807) is 13.8 Å². The number of fused-ring (bicyclic) bond motifs is 1. The maximum Gasteiger partial charge on any atom is 0.242 e. The molecule has 0 atom stereocenters. The molecule has 2 aromatic rings. The van der Waals surface area contributed by atoms with Crippen molar-refractivity contribution in [2.75, 3.05) is 5.32 Å². The van der Waals surface area contributed by atoms with Crippen LogP contribution >= 0.6 is 38.9 Å². The van der Waals surface area contributed by atoms with Crippen LogP contribution in [-0.4, -0.2) is 15.2 Å². The molecule has 0 aliphatic heterocycles. The SMILES string of the molecule is CC(C)(Br)C(=O)Nc1nc2c(Cl)cc(F)cc2s1. The molecule has 3 nitrogen and oxygen atoms in total. The number of carbonyl (C=O) groups is 1. The summed E-state index contributed by atoms with van der Waals surface area (Å²) in [5, 5.41) is 3.29. The minimum absolute atomic E-state index is 0.224. The number of hydrogen-bond acceptors (Lipinski definition) is 3. The van der Waals surface area contributed by atoms with Crippen molar-refractivity contribution in [3.63, 3.8) is 0 Å². The van der Waals surface area contributed by atoms with Crippen molar-refractivity contribution in [3.05, 3.63) is 23.0 Å². The zero-order valence-electron chi connectivity index (χ0n) is 9.55. The van der Waals surface area contributed by atoms with Crippen LogP contribution in [0.25, 0.3) is 10.2 Å². The number of nitrogens with zero attached hydrogens (tertiary/aromatic N) is 1. The monoisotopic (exact) mass is 350 g/mol. The van der Waals surface area contributed by atoms with Gasteiger partial charge in [0.05, 0.1) is 14.0 Å². The van der Waals surface area contributed by atoms with Gasteiger partial charge in [-0.3, -0.25) is 4.79 Å². The highest BCUT2D eigenvalue weighted by Crippen LogP contribution is 2.32. The average molecular weight is 352 g/mol. The van der Waals surface area contributed by atoms with Crippen molar-refractivity contribution in [2.24, 2.45) is 0 Å². The quantitative estimate of drug-likeness (QED) is 0.824. The first kappa shape index (κ1) is 13.7. The van der Waals surface area contributed by atoms with E-state index in [9.17, 15) is 9.18 Å². The van der Waals surface area contributed by atoms with Gasteiger partial charge in [0.1, 0.15) is 11.3 Å². The molecular formula is C11H9BrClFN2OS. The van der Waals surface area contributed by atoms with E-state index in [1.807, 2.05) is 0 Å². The smallest absolute Gasteiger partial charge is 0.242 e. The van der Waals surface area contributed by atoms with Crippen LogP contribution in [0.15, 0.2) is 12.1 Å². The maximum absolute atomic E-state index is 13.2. The van der Waals surface area contributed by atoms with Crippen molar-refractivity contribution >= 4 is 60.1 Å². The predicted molar refractivity (Wildman–Crippen MR) is 76.2 cm³/mol. The van der Waals surface area contributed by atoms with Gasteiger partial charge < -0.3 is 5.32 Å². The Hall–Kier alpha value is -0.720. The number of amides is 1. The molecule has 0 bridgehead atoms. The Kier molecular flexibility index (Phi) is 3.62. The number of thiazole rings is 1. The number of anilines is 1. The van der Waals surface area contributed by atoms with E-state index in [4.69, 9.17) is 11.6 Å². The second-order valence-electron chi connectivity index (χ2n) is 4.18. The highest BCUT2D eigenvalue weighted by molar-refractivity contribution is 9.10. The number of carbonyl (C=O) groups excluding carboxylic acids is 1. The third-order valence-corrected chi connectivity index (χ3v) is 3.74. The number of rotatable bonds is 2. The summed E-state index contributed by atoms with van der Waals surface area (Å²) >= 11 is 10.3. The van der Waals surface area contributed by atoms with Gasteiger partial charge in [0, 0.05) is 0 Å². The molecule has 2 rings (SSSR count). The summed E-state index contributed by atoms with van der Waals surface area (Å²) in [7, 11) is 0. The molecule has 0 aliphatic rings. The molecule has 18 heavy (non-hydrogen) atoms. The van der Waals surface area contributed by atoms with Crippen LogP contribution in [0.4, 0.5) is 9.52 Å². The summed E-state index contributed by atoms with van der Waals surface area (Å²) in [5.74, 6) is -0.645. The van der Waals surface area contributed by atoms with Gasteiger partial charge in [-0.2, -0.15) is 0 Å². The zero-order valence-corrected chi connectivity index (χ0v) is 12.7. The molecule has 0 aliphatic carbocycles. The Bertz CT molecular complexity index is 623. The first-order chi connectivity index (χ1) is 8.27. The molecular weight excluding hydrogens is 343 g/mol. The van der Waals surface area contributed by atoms with E-state index in [2.05, 4.69) is 26.2 Å². The van der Waals surface area contributed by atoms with Gasteiger partial charge in [-0.1, -0.05) is 38.9 Å². The number of alkyl halides is 1. The molecule has 0 fully saturated rings. The maximum atomic E-state index is 13.2. The molecule has 1 N–H and O–H groups in total. The molecule has 96 valence electrons. The standard InChI is InChI=1S/C11H9BrClFN2OS/c1-11(2,12)9(17)16-10-15-8-6(13)3-5(14)4-7(8)18-10/h3-4H,1-2H3,(H,15,16,17). The summed E-state index contributed by atoms with van der Waals surface area (Å²) < 4.78 is 13.1. The number of nitrogens with one attached hydrogen (secondary N) is 1. The largest absolute Gasteiger partial charge is 0.301 e. The molecule has 0 saturated carbocycles. The van der Waals surface area contributed by atoms with Crippen molar-refractivity contribution in [2.45, 2.75) is 18.2 Å². The lowest BCUT2D eigenvalue weighted by molar-refractivity contribution is -0.117. The van der Waals surface area contributed by atoms with Crippen LogP contribution in [0.2, 0.25) is 5.02 Å². The van der Waals surface area contributed by atoms with Crippen LogP contribution in [0.3, 0.4) is 0 Å². The Morgan fingerprint density at radius 1 is 1.56 bits per heavy atom. The minimum atomic E-state index is -0.695. The van der Waals surface area contributed by atoms with Crippen molar-refractivity contribution in [3.8, 4) is 0 Å². The molecule has 7 heteroatoms.